The van der Waals surface area contributed by atoms with Gasteiger partial charge in [-0.1, -0.05) is 25.0 Å². The van der Waals surface area contributed by atoms with Crippen LogP contribution in [-0.4, -0.2) is 29.0 Å². The molecule has 0 spiro atoms. The zero-order valence-electron chi connectivity index (χ0n) is 13.6. The van der Waals surface area contributed by atoms with E-state index in [9.17, 15) is 0 Å². The van der Waals surface area contributed by atoms with Crippen molar-refractivity contribution >= 4 is 0 Å². The van der Waals surface area contributed by atoms with Gasteiger partial charge in [0.05, 0.1) is 0 Å². The monoisotopic (exact) mass is 308 g/mol. The lowest BCUT2D eigenvalue weighted by molar-refractivity contribution is 0.208. The molecule has 2 aliphatic rings. The molecule has 2 aromatic rings. The Kier molecular flexibility index (Phi) is 4.29. The first-order valence-electron chi connectivity index (χ1n) is 8.83. The van der Waals surface area contributed by atoms with Crippen LogP contribution in [0.5, 0.6) is 11.6 Å². The smallest absolute Gasteiger partial charge is 0.219 e. The topological polar surface area (TPSA) is 25.4 Å². The Morgan fingerprint density at radius 3 is 2.57 bits per heavy atom. The fraction of sp³-hybridized carbons (Fsp3) is 0.450. The van der Waals surface area contributed by atoms with E-state index in [1.165, 1.54) is 49.9 Å². The molecule has 0 atom stereocenters. The van der Waals surface area contributed by atoms with Gasteiger partial charge in [0, 0.05) is 31.4 Å². The van der Waals surface area contributed by atoms with Crippen LogP contribution in [0.1, 0.15) is 36.8 Å². The van der Waals surface area contributed by atoms with Gasteiger partial charge in [-0.3, -0.25) is 4.90 Å². The zero-order valence-corrected chi connectivity index (χ0v) is 13.6. The zero-order chi connectivity index (χ0) is 15.5. The molecule has 1 aliphatic heterocycles. The summed E-state index contributed by atoms with van der Waals surface area (Å²) in [5.74, 6) is 1.56. The Bertz CT molecular complexity index is 650. The van der Waals surface area contributed by atoms with E-state index in [4.69, 9.17) is 4.74 Å². The number of fused-ring (bicyclic) bond motifs is 1. The molecule has 1 aromatic carbocycles. The highest BCUT2D eigenvalue weighted by Gasteiger charge is 2.24. The van der Waals surface area contributed by atoms with Crippen LogP contribution in [-0.2, 0) is 12.8 Å². The molecule has 1 saturated carbocycles. The summed E-state index contributed by atoms with van der Waals surface area (Å²) in [5.41, 5.74) is 2.93. The van der Waals surface area contributed by atoms with E-state index < -0.39 is 0 Å². The number of ether oxygens (including phenoxy) is 1. The van der Waals surface area contributed by atoms with Crippen molar-refractivity contribution in [3.05, 3.63) is 53.7 Å². The molecule has 3 heteroatoms. The Labute approximate surface area is 138 Å². The van der Waals surface area contributed by atoms with Crippen LogP contribution in [0.4, 0.5) is 0 Å². The second-order valence-electron chi connectivity index (χ2n) is 6.67. The van der Waals surface area contributed by atoms with Crippen LogP contribution in [0.2, 0.25) is 0 Å². The molecule has 1 aromatic heterocycles. The fourth-order valence-electron chi connectivity index (χ4n) is 3.95. The molecule has 0 bridgehead atoms. The third kappa shape index (κ3) is 3.40. The molecule has 120 valence electrons. The summed E-state index contributed by atoms with van der Waals surface area (Å²) < 4.78 is 5.89. The normalized spacial score (nSPS) is 19.3. The van der Waals surface area contributed by atoms with E-state index in [0.29, 0.717) is 5.88 Å². The van der Waals surface area contributed by atoms with Gasteiger partial charge in [-0.25, -0.2) is 4.98 Å². The van der Waals surface area contributed by atoms with Crippen LogP contribution in [0.3, 0.4) is 0 Å². The van der Waals surface area contributed by atoms with E-state index in [0.717, 1.165) is 24.6 Å². The summed E-state index contributed by atoms with van der Waals surface area (Å²) in [5, 5.41) is 0. The number of aromatic nitrogens is 1. The summed E-state index contributed by atoms with van der Waals surface area (Å²) in [6.45, 7) is 2.39. The molecular formula is C20H24N2O. The van der Waals surface area contributed by atoms with Crippen molar-refractivity contribution in [2.24, 2.45) is 0 Å². The molecular weight excluding hydrogens is 284 g/mol. The molecule has 0 N–H and O–H groups in total. The van der Waals surface area contributed by atoms with Crippen molar-refractivity contribution in [1.82, 2.24) is 9.88 Å². The molecule has 1 fully saturated rings. The Morgan fingerprint density at radius 1 is 0.957 bits per heavy atom. The first kappa shape index (κ1) is 14.7. The summed E-state index contributed by atoms with van der Waals surface area (Å²) in [6.07, 6.45) is 9.67. The van der Waals surface area contributed by atoms with E-state index in [1.54, 1.807) is 6.20 Å². The summed E-state index contributed by atoms with van der Waals surface area (Å²) in [6, 6.07) is 13.1. The highest BCUT2D eigenvalue weighted by molar-refractivity contribution is 5.38. The Morgan fingerprint density at radius 2 is 1.78 bits per heavy atom. The van der Waals surface area contributed by atoms with Gasteiger partial charge in [-0.15, -0.1) is 0 Å². The van der Waals surface area contributed by atoms with E-state index in [2.05, 4.69) is 28.1 Å². The van der Waals surface area contributed by atoms with Crippen molar-refractivity contribution in [1.29, 1.82) is 0 Å². The molecule has 0 radical (unpaired) electrons. The maximum absolute atomic E-state index is 5.89. The van der Waals surface area contributed by atoms with Gasteiger partial charge in [0.2, 0.25) is 5.88 Å². The second kappa shape index (κ2) is 6.71. The van der Waals surface area contributed by atoms with Crippen molar-refractivity contribution in [3.63, 3.8) is 0 Å². The number of hydrogen-bond acceptors (Lipinski definition) is 3. The van der Waals surface area contributed by atoms with Gasteiger partial charge in [-0.2, -0.15) is 0 Å². The summed E-state index contributed by atoms with van der Waals surface area (Å²) >= 11 is 0. The number of nitrogens with zero attached hydrogens (tertiary/aromatic N) is 2. The number of pyridine rings is 1. The Balaban J connectivity index is 1.47. The molecule has 0 saturated heterocycles. The molecule has 2 heterocycles. The third-order valence-electron chi connectivity index (χ3n) is 5.22. The minimum Gasteiger partial charge on any atom is -0.439 e. The number of benzene rings is 1. The molecule has 1 aliphatic carbocycles. The van der Waals surface area contributed by atoms with Crippen molar-refractivity contribution in [2.75, 3.05) is 13.1 Å². The van der Waals surface area contributed by atoms with E-state index in [1.807, 2.05) is 18.2 Å². The van der Waals surface area contributed by atoms with Crippen molar-refractivity contribution in [3.8, 4) is 11.6 Å². The highest BCUT2D eigenvalue weighted by Crippen LogP contribution is 2.28. The van der Waals surface area contributed by atoms with E-state index in [-0.39, 0.29) is 0 Å². The molecule has 0 amide bonds. The van der Waals surface area contributed by atoms with Crippen LogP contribution in [0, 0.1) is 0 Å². The van der Waals surface area contributed by atoms with Crippen LogP contribution in [0.15, 0.2) is 42.6 Å². The summed E-state index contributed by atoms with van der Waals surface area (Å²) in [4.78, 5) is 6.95. The minimum absolute atomic E-state index is 0.661. The molecule has 4 rings (SSSR count). The maximum atomic E-state index is 5.89. The first-order valence-corrected chi connectivity index (χ1v) is 8.83. The quantitative estimate of drug-likeness (QED) is 0.849. The van der Waals surface area contributed by atoms with Gasteiger partial charge < -0.3 is 4.74 Å². The lowest BCUT2D eigenvalue weighted by atomic mass is 10.0. The number of hydrogen-bond donors (Lipinski definition) is 0. The maximum Gasteiger partial charge on any atom is 0.219 e. The lowest BCUT2D eigenvalue weighted by Gasteiger charge is -2.26. The average Bonchev–Trinajstić information content (AvgIpc) is 3.04. The molecule has 0 unspecified atom stereocenters. The van der Waals surface area contributed by atoms with Gasteiger partial charge in [0.25, 0.3) is 0 Å². The Hall–Kier alpha value is -1.87. The van der Waals surface area contributed by atoms with Crippen LogP contribution >= 0.6 is 0 Å². The van der Waals surface area contributed by atoms with Crippen molar-refractivity contribution < 1.29 is 4.74 Å². The van der Waals surface area contributed by atoms with Gasteiger partial charge in [0.1, 0.15) is 5.75 Å². The fourth-order valence-corrected chi connectivity index (χ4v) is 3.95. The lowest BCUT2D eigenvalue weighted by Crippen LogP contribution is -2.35. The SMILES string of the molecule is c1ccc(Oc2ccc3c(c2)CCN(C2CCCC2)CC3)nc1. The predicted octanol–water partition coefficient (Wildman–Crippen LogP) is 4.22. The van der Waals surface area contributed by atoms with Crippen molar-refractivity contribution in [2.45, 2.75) is 44.6 Å². The third-order valence-corrected chi connectivity index (χ3v) is 5.22. The van der Waals surface area contributed by atoms with Gasteiger partial charge in [0.15, 0.2) is 0 Å². The average molecular weight is 308 g/mol. The van der Waals surface area contributed by atoms with Crippen LogP contribution in [0.25, 0.3) is 0 Å². The standard InChI is InChI=1S/C20H24N2O/c1-2-6-18(5-1)22-13-10-16-8-9-19(15-17(16)11-14-22)23-20-7-3-4-12-21-20/h3-4,7-9,12,15,18H,1-2,5-6,10-11,13-14H2. The minimum atomic E-state index is 0.661. The second-order valence-corrected chi connectivity index (χ2v) is 6.67. The molecule has 23 heavy (non-hydrogen) atoms. The summed E-state index contributed by atoms with van der Waals surface area (Å²) in [7, 11) is 0. The molecule has 3 nitrogen and oxygen atoms in total. The highest BCUT2D eigenvalue weighted by atomic mass is 16.5. The predicted molar refractivity (Wildman–Crippen MR) is 92.0 cm³/mol. The van der Waals surface area contributed by atoms with Crippen LogP contribution < -0.4 is 4.74 Å². The number of rotatable bonds is 3. The van der Waals surface area contributed by atoms with E-state index >= 15 is 0 Å². The van der Waals surface area contributed by atoms with Gasteiger partial charge in [-0.05, 0) is 55.0 Å². The largest absolute Gasteiger partial charge is 0.439 e. The van der Waals surface area contributed by atoms with Gasteiger partial charge >= 0.3 is 0 Å². The first-order chi connectivity index (χ1) is 11.4.